The minimum Gasteiger partial charge on any atom is -0.452 e. The first kappa shape index (κ1) is 18.4. The van der Waals surface area contributed by atoms with Crippen molar-refractivity contribution < 1.29 is 14.3 Å². The standard InChI is InChI=1S/C21H21N3O3/c1-14-9-7-8-12-18(14)21(26)27-13-19(25)22-20-15(2)23-24(16(20)3)17-10-5-4-6-11-17/h4-12H,13H2,1-3H3,(H,22,25). The highest BCUT2D eigenvalue weighted by molar-refractivity contribution is 5.96. The van der Waals surface area contributed by atoms with Crippen LogP contribution in [0.1, 0.15) is 27.3 Å². The second-order valence-electron chi connectivity index (χ2n) is 6.23. The zero-order valence-corrected chi connectivity index (χ0v) is 15.5. The number of nitrogens with zero attached hydrogens (tertiary/aromatic N) is 2. The van der Waals surface area contributed by atoms with Gasteiger partial charge in [0.2, 0.25) is 0 Å². The first-order chi connectivity index (χ1) is 13.0. The fourth-order valence-electron chi connectivity index (χ4n) is 2.83. The number of anilines is 1. The molecule has 6 nitrogen and oxygen atoms in total. The van der Waals surface area contributed by atoms with E-state index >= 15 is 0 Å². The molecule has 6 heteroatoms. The molecule has 0 spiro atoms. The maximum atomic E-state index is 12.3. The summed E-state index contributed by atoms with van der Waals surface area (Å²) in [4.78, 5) is 24.4. The van der Waals surface area contributed by atoms with Gasteiger partial charge in [-0.25, -0.2) is 9.48 Å². The zero-order chi connectivity index (χ0) is 19.4. The van der Waals surface area contributed by atoms with E-state index in [9.17, 15) is 9.59 Å². The zero-order valence-electron chi connectivity index (χ0n) is 15.5. The van der Waals surface area contributed by atoms with Crippen molar-refractivity contribution >= 4 is 17.6 Å². The molecular formula is C21H21N3O3. The molecule has 0 radical (unpaired) electrons. The van der Waals surface area contributed by atoms with Crippen LogP contribution < -0.4 is 5.32 Å². The van der Waals surface area contributed by atoms with Gasteiger partial charge >= 0.3 is 5.97 Å². The Morgan fingerprint density at radius 1 is 1.00 bits per heavy atom. The highest BCUT2D eigenvalue weighted by Crippen LogP contribution is 2.22. The maximum Gasteiger partial charge on any atom is 0.338 e. The van der Waals surface area contributed by atoms with Crippen molar-refractivity contribution in [2.45, 2.75) is 20.8 Å². The summed E-state index contributed by atoms with van der Waals surface area (Å²) in [6, 6.07) is 16.8. The molecule has 0 aliphatic heterocycles. The summed E-state index contributed by atoms with van der Waals surface area (Å²) in [5, 5.41) is 7.27. The van der Waals surface area contributed by atoms with Crippen molar-refractivity contribution in [1.29, 1.82) is 0 Å². The lowest BCUT2D eigenvalue weighted by molar-refractivity contribution is -0.119. The smallest absolute Gasteiger partial charge is 0.338 e. The molecule has 0 unspecified atom stereocenters. The Balaban J connectivity index is 1.67. The van der Waals surface area contributed by atoms with Gasteiger partial charge in [0.05, 0.1) is 28.3 Å². The van der Waals surface area contributed by atoms with Gasteiger partial charge in [0, 0.05) is 0 Å². The van der Waals surface area contributed by atoms with Crippen LogP contribution in [0.4, 0.5) is 5.69 Å². The molecule has 0 fully saturated rings. The molecule has 1 aromatic heterocycles. The van der Waals surface area contributed by atoms with Gasteiger partial charge < -0.3 is 10.1 Å². The lowest BCUT2D eigenvalue weighted by Crippen LogP contribution is -2.21. The highest BCUT2D eigenvalue weighted by atomic mass is 16.5. The number of amides is 1. The average molecular weight is 363 g/mol. The van der Waals surface area contributed by atoms with Gasteiger partial charge in [0.15, 0.2) is 6.61 Å². The Kier molecular flexibility index (Phi) is 5.35. The summed E-state index contributed by atoms with van der Waals surface area (Å²) >= 11 is 0. The van der Waals surface area contributed by atoms with Crippen LogP contribution in [0, 0.1) is 20.8 Å². The third-order valence-electron chi connectivity index (χ3n) is 4.26. The number of hydrogen-bond donors (Lipinski definition) is 1. The number of hydrogen-bond acceptors (Lipinski definition) is 4. The fourth-order valence-corrected chi connectivity index (χ4v) is 2.83. The maximum absolute atomic E-state index is 12.3. The number of carbonyl (C=O) groups is 2. The molecule has 0 bridgehead atoms. The van der Waals surface area contributed by atoms with E-state index in [0.717, 1.165) is 16.9 Å². The molecule has 1 N–H and O–H groups in total. The van der Waals surface area contributed by atoms with Crippen LogP contribution in [0.25, 0.3) is 5.69 Å². The summed E-state index contributed by atoms with van der Waals surface area (Å²) in [7, 11) is 0. The molecule has 3 rings (SSSR count). The van der Waals surface area contributed by atoms with Crippen LogP contribution in [0.3, 0.4) is 0 Å². The Bertz CT molecular complexity index is 978. The number of esters is 1. The molecule has 3 aromatic rings. The molecule has 0 aliphatic carbocycles. The van der Waals surface area contributed by atoms with E-state index < -0.39 is 11.9 Å². The molecule has 1 heterocycles. The minimum absolute atomic E-state index is 0.359. The van der Waals surface area contributed by atoms with Crippen LogP contribution >= 0.6 is 0 Å². The van der Waals surface area contributed by atoms with E-state index in [0.29, 0.717) is 16.9 Å². The predicted octanol–water partition coefficient (Wildman–Crippen LogP) is 3.59. The topological polar surface area (TPSA) is 73.2 Å². The van der Waals surface area contributed by atoms with Gasteiger partial charge in [0.1, 0.15) is 0 Å². The number of aromatic nitrogens is 2. The highest BCUT2D eigenvalue weighted by Gasteiger charge is 2.17. The summed E-state index contributed by atoms with van der Waals surface area (Å²) in [6.07, 6.45) is 0. The van der Waals surface area contributed by atoms with Gasteiger partial charge in [-0.15, -0.1) is 0 Å². The van der Waals surface area contributed by atoms with Crippen LogP contribution in [0.5, 0.6) is 0 Å². The summed E-state index contributed by atoms with van der Waals surface area (Å²) < 4.78 is 6.90. The predicted molar refractivity (Wildman–Crippen MR) is 103 cm³/mol. The number of para-hydroxylation sites is 1. The van der Waals surface area contributed by atoms with Crippen LogP contribution in [0.15, 0.2) is 54.6 Å². The van der Waals surface area contributed by atoms with E-state index in [1.807, 2.05) is 63.2 Å². The quantitative estimate of drug-likeness (QED) is 0.703. The first-order valence-corrected chi connectivity index (χ1v) is 8.61. The van der Waals surface area contributed by atoms with Gasteiger partial charge in [-0.05, 0) is 44.5 Å². The van der Waals surface area contributed by atoms with Crippen molar-refractivity contribution in [3.05, 3.63) is 77.1 Å². The molecule has 0 saturated heterocycles. The SMILES string of the molecule is Cc1ccccc1C(=O)OCC(=O)Nc1c(C)nn(-c2ccccc2)c1C. The van der Waals surface area contributed by atoms with E-state index in [4.69, 9.17) is 4.74 Å². The first-order valence-electron chi connectivity index (χ1n) is 8.61. The average Bonchev–Trinajstić information content (AvgIpc) is 2.95. The van der Waals surface area contributed by atoms with Gasteiger partial charge in [0.25, 0.3) is 5.91 Å². The van der Waals surface area contributed by atoms with Crippen LogP contribution in [0.2, 0.25) is 0 Å². The molecule has 0 aliphatic rings. The number of nitrogens with one attached hydrogen (secondary N) is 1. The fraction of sp³-hybridized carbons (Fsp3) is 0.190. The Hall–Kier alpha value is -3.41. The normalized spacial score (nSPS) is 10.5. The Labute approximate surface area is 157 Å². The van der Waals surface area contributed by atoms with Crippen molar-refractivity contribution in [1.82, 2.24) is 9.78 Å². The molecule has 0 atom stereocenters. The monoisotopic (exact) mass is 363 g/mol. The van der Waals surface area contributed by atoms with Crippen molar-refractivity contribution in [2.75, 3.05) is 11.9 Å². The van der Waals surface area contributed by atoms with Crippen molar-refractivity contribution in [3.63, 3.8) is 0 Å². The van der Waals surface area contributed by atoms with Crippen LogP contribution in [-0.4, -0.2) is 28.3 Å². The van der Waals surface area contributed by atoms with E-state index in [1.54, 1.807) is 16.8 Å². The van der Waals surface area contributed by atoms with Gasteiger partial charge in [-0.1, -0.05) is 36.4 Å². The number of rotatable bonds is 5. The molecule has 2 aromatic carbocycles. The second kappa shape index (κ2) is 7.86. The van der Waals surface area contributed by atoms with Gasteiger partial charge in [-0.3, -0.25) is 4.79 Å². The largest absolute Gasteiger partial charge is 0.452 e. The minimum atomic E-state index is -0.517. The van der Waals surface area contributed by atoms with E-state index in [2.05, 4.69) is 10.4 Å². The lowest BCUT2D eigenvalue weighted by Gasteiger charge is -2.09. The van der Waals surface area contributed by atoms with E-state index in [-0.39, 0.29) is 6.61 Å². The molecular weight excluding hydrogens is 342 g/mol. The van der Waals surface area contributed by atoms with E-state index in [1.165, 1.54) is 0 Å². The second-order valence-corrected chi connectivity index (χ2v) is 6.23. The number of ether oxygens (including phenoxy) is 1. The summed E-state index contributed by atoms with van der Waals surface area (Å²) in [5.41, 5.74) is 4.28. The molecule has 1 amide bonds. The Morgan fingerprint density at radius 2 is 1.67 bits per heavy atom. The number of benzene rings is 2. The summed E-state index contributed by atoms with van der Waals surface area (Å²) in [6.45, 7) is 5.16. The molecule has 0 saturated carbocycles. The van der Waals surface area contributed by atoms with Crippen molar-refractivity contribution in [3.8, 4) is 5.69 Å². The third-order valence-corrected chi connectivity index (χ3v) is 4.26. The number of aryl methyl sites for hydroxylation is 2. The van der Waals surface area contributed by atoms with Crippen LogP contribution in [-0.2, 0) is 9.53 Å². The Morgan fingerprint density at radius 3 is 2.37 bits per heavy atom. The number of carbonyl (C=O) groups excluding carboxylic acids is 2. The lowest BCUT2D eigenvalue weighted by atomic mass is 10.1. The third kappa shape index (κ3) is 4.06. The van der Waals surface area contributed by atoms with Crippen molar-refractivity contribution in [2.24, 2.45) is 0 Å². The molecule has 27 heavy (non-hydrogen) atoms. The summed E-state index contributed by atoms with van der Waals surface area (Å²) in [5.74, 6) is -0.924. The molecule has 138 valence electrons. The van der Waals surface area contributed by atoms with Gasteiger partial charge in [-0.2, -0.15) is 5.10 Å².